The van der Waals surface area contributed by atoms with E-state index in [4.69, 9.17) is 0 Å². The van der Waals surface area contributed by atoms with Crippen molar-refractivity contribution in [2.75, 3.05) is 5.32 Å². The van der Waals surface area contributed by atoms with Crippen LogP contribution in [-0.4, -0.2) is 6.04 Å². The van der Waals surface area contributed by atoms with Crippen LogP contribution in [0, 0.1) is 25.7 Å². The second kappa shape index (κ2) is 7.33. The van der Waals surface area contributed by atoms with Gasteiger partial charge in [0, 0.05) is 16.2 Å². The number of aryl methyl sites for hydroxylation is 2. The van der Waals surface area contributed by atoms with Crippen molar-refractivity contribution in [3.63, 3.8) is 0 Å². The molecule has 0 aromatic heterocycles. The van der Waals surface area contributed by atoms with E-state index in [1.165, 1.54) is 34.1 Å². The van der Waals surface area contributed by atoms with E-state index in [2.05, 4.69) is 74.9 Å². The highest BCUT2D eigenvalue weighted by molar-refractivity contribution is 9.10. The zero-order valence-corrected chi connectivity index (χ0v) is 14.8. The van der Waals surface area contributed by atoms with Crippen LogP contribution in [0.1, 0.15) is 51.7 Å². The molecule has 0 aliphatic carbocycles. The Morgan fingerprint density at radius 1 is 0.947 bits per heavy atom. The maximum Gasteiger partial charge on any atom is 0.0348 e. The summed E-state index contributed by atoms with van der Waals surface area (Å²) >= 11 is 3.63. The van der Waals surface area contributed by atoms with Crippen LogP contribution in [0.25, 0.3) is 0 Å². The van der Waals surface area contributed by atoms with Crippen molar-refractivity contribution in [3.05, 3.63) is 27.7 Å². The first-order valence-corrected chi connectivity index (χ1v) is 8.12. The second-order valence-corrected chi connectivity index (χ2v) is 7.32. The Balaban J connectivity index is 2.83. The standard InChI is InChI=1S/C17H28BrN/c1-11(2)7-15(8-12(3)4)19-16-9-13(5)17(18)14(6)10-16/h9-12,15,19H,7-8H2,1-6H3. The van der Waals surface area contributed by atoms with E-state index in [1.807, 2.05) is 0 Å². The van der Waals surface area contributed by atoms with Gasteiger partial charge < -0.3 is 5.32 Å². The first kappa shape index (κ1) is 16.6. The van der Waals surface area contributed by atoms with Crippen molar-refractivity contribution in [2.45, 2.75) is 60.4 Å². The van der Waals surface area contributed by atoms with E-state index in [0.717, 1.165) is 11.8 Å². The molecule has 0 aliphatic heterocycles. The molecule has 0 aliphatic rings. The summed E-state index contributed by atoms with van der Waals surface area (Å²) in [4.78, 5) is 0. The van der Waals surface area contributed by atoms with Gasteiger partial charge in [-0.2, -0.15) is 0 Å². The van der Waals surface area contributed by atoms with Crippen LogP contribution in [0.4, 0.5) is 5.69 Å². The van der Waals surface area contributed by atoms with Crippen LogP contribution in [0.5, 0.6) is 0 Å². The third kappa shape index (κ3) is 5.56. The van der Waals surface area contributed by atoms with E-state index in [1.54, 1.807) is 0 Å². The highest BCUT2D eigenvalue weighted by Crippen LogP contribution is 2.27. The van der Waals surface area contributed by atoms with Crippen LogP contribution in [0.2, 0.25) is 0 Å². The van der Waals surface area contributed by atoms with Crippen molar-refractivity contribution >= 4 is 21.6 Å². The largest absolute Gasteiger partial charge is 0.382 e. The second-order valence-electron chi connectivity index (χ2n) is 6.52. The van der Waals surface area contributed by atoms with Gasteiger partial charge in [-0.25, -0.2) is 0 Å². The summed E-state index contributed by atoms with van der Waals surface area (Å²) < 4.78 is 1.22. The molecule has 0 heterocycles. The summed E-state index contributed by atoms with van der Waals surface area (Å²) in [5, 5.41) is 3.73. The van der Waals surface area contributed by atoms with Gasteiger partial charge in [0.1, 0.15) is 0 Å². The van der Waals surface area contributed by atoms with E-state index >= 15 is 0 Å². The van der Waals surface area contributed by atoms with Crippen molar-refractivity contribution in [1.29, 1.82) is 0 Å². The maximum atomic E-state index is 3.73. The lowest BCUT2D eigenvalue weighted by Gasteiger charge is -2.24. The van der Waals surface area contributed by atoms with Gasteiger partial charge >= 0.3 is 0 Å². The molecular weight excluding hydrogens is 298 g/mol. The average Bonchev–Trinajstić information content (AvgIpc) is 2.23. The van der Waals surface area contributed by atoms with Crippen LogP contribution < -0.4 is 5.32 Å². The number of hydrogen-bond donors (Lipinski definition) is 1. The van der Waals surface area contributed by atoms with E-state index in [0.29, 0.717) is 6.04 Å². The molecule has 0 unspecified atom stereocenters. The number of anilines is 1. The molecule has 1 nitrogen and oxygen atoms in total. The molecule has 0 saturated heterocycles. The summed E-state index contributed by atoms with van der Waals surface area (Å²) in [6, 6.07) is 5.05. The van der Waals surface area contributed by atoms with Crippen LogP contribution in [0.15, 0.2) is 16.6 Å². The van der Waals surface area contributed by atoms with Crippen molar-refractivity contribution < 1.29 is 0 Å². The van der Waals surface area contributed by atoms with Crippen LogP contribution in [0.3, 0.4) is 0 Å². The summed E-state index contributed by atoms with van der Waals surface area (Å²) in [6.45, 7) is 13.5. The van der Waals surface area contributed by atoms with Crippen molar-refractivity contribution in [1.82, 2.24) is 0 Å². The number of benzene rings is 1. The molecule has 1 aromatic rings. The van der Waals surface area contributed by atoms with Crippen molar-refractivity contribution in [2.24, 2.45) is 11.8 Å². The van der Waals surface area contributed by atoms with E-state index in [-0.39, 0.29) is 0 Å². The normalized spacial score (nSPS) is 11.7. The molecule has 1 aromatic carbocycles. The van der Waals surface area contributed by atoms with Gasteiger partial charge in [-0.3, -0.25) is 0 Å². The SMILES string of the molecule is Cc1cc(NC(CC(C)C)CC(C)C)cc(C)c1Br. The quantitative estimate of drug-likeness (QED) is 0.682. The fourth-order valence-electron chi connectivity index (χ4n) is 2.62. The first-order chi connectivity index (χ1) is 8.79. The molecule has 0 radical (unpaired) electrons. The van der Waals surface area contributed by atoms with Gasteiger partial charge in [-0.15, -0.1) is 0 Å². The molecule has 2 heteroatoms. The fraction of sp³-hybridized carbons (Fsp3) is 0.647. The smallest absolute Gasteiger partial charge is 0.0348 e. The van der Waals surface area contributed by atoms with Gasteiger partial charge in [-0.1, -0.05) is 43.6 Å². The van der Waals surface area contributed by atoms with Gasteiger partial charge in [0.15, 0.2) is 0 Å². The van der Waals surface area contributed by atoms with Gasteiger partial charge in [0.25, 0.3) is 0 Å². The number of nitrogens with one attached hydrogen (secondary N) is 1. The topological polar surface area (TPSA) is 12.0 Å². The first-order valence-electron chi connectivity index (χ1n) is 7.32. The van der Waals surface area contributed by atoms with Gasteiger partial charge in [0.05, 0.1) is 0 Å². The lowest BCUT2D eigenvalue weighted by molar-refractivity contribution is 0.442. The molecule has 0 fully saturated rings. The lowest BCUT2D eigenvalue weighted by atomic mass is 9.95. The average molecular weight is 326 g/mol. The zero-order chi connectivity index (χ0) is 14.6. The fourth-order valence-corrected chi connectivity index (χ4v) is 2.85. The van der Waals surface area contributed by atoms with Crippen molar-refractivity contribution in [3.8, 4) is 0 Å². The molecule has 0 amide bonds. The Kier molecular flexibility index (Phi) is 6.38. The minimum absolute atomic E-state index is 0.569. The Hall–Kier alpha value is -0.500. The highest BCUT2D eigenvalue weighted by atomic mass is 79.9. The highest BCUT2D eigenvalue weighted by Gasteiger charge is 2.13. The number of hydrogen-bond acceptors (Lipinski definition) is 1. The van der Waals surface area contributed by atoms with Crippen LogP contribution in [-0.2, 0) is 0 Å². The summed E-state index contributed by atoms with van der Waals surface area (Å²) in [6.07, 6.45) is 2.46. The lowest BCUT2D eigenvalue weighted by Crippen LogP contribution is -2.23. The van der Waals surface area contributed by atoms with E-state index in [9.17, 15) is 0 Å². The maximum absolute atomic E-state index is 3.73. The summed E-state index contributed by atoms with van der Waals surface area (Å²) in [7, 11) is 0. The monoisotopic (exact) mass is 325 g/mol. The minimum Gasteiger partial charge on any atom is -0.382 e. The molecular formula is C17H28BrN. The third-order valence-corrected chi connectivity index (χ3v) is 4.57. The molecule has 0 saturated carbocycles. The Morgan fingerprint density at radius 2 is 1.37 bits per heavy atom. The molecule has 1 N–H and O–H groups in total. The molecule has 0 spiro atoms. The predicted molar refractivity (Wildman–Crippen MR) is 89.9 cm³/mol. The zero-order valence-electron chi connectivity index (χ0n) is 13.2. The predicted octanol–water partition coefficient (Wildman–Crippen LogP) is 5.94. The molecule has 0 atom stereocenters. The summed E-state index contributed by atoms with van der Waals surface area (Å²) in [5.41, 5.74) is 3.86. The molecule has 1 rings (SSSR count). The summed E-state index contributed by atoms with van der Waals surface area (Å²) in [5.74, 6) is 1.46. The molecule has 0 bridgehead atoms. The van der Waals surface area contributed by atoms with Gasteiger partial charge in [-0.05, 0) is 61.8 Å². The van der Waals surface area contributed by atoms with Gasteiger partial charge in [0.2, 0.25) is 0 Å². The molecule has 108 valence electrons. The number of halogens is 1. The Morgan fingerprint density at radius 3 is 1.74 bits per heavy atom. The number of rotatable bonds is 6. The third-order valence-electron chi connectivity index (χ3n) is 3.32. The minimum atomic E-state index is 0.569. The molecule has 19 heavy (non-hydrogen) atoms. The van der Waals surface area contributed by atoms with E-state index < -0.39 is 0 Å². The van der Waals surface area contributed by atoms with Crippen LogP contribution >= 0.6 is 15.9 Å². The Labute approximate surface area is 127 Å². The Bertz CT molecular complexity index is 377.